The van der Waals surface area contributed by atoms with Crippen molar-refractivity contribution in [3.8, 4) is 22.3 Å². The average molecular weight is 356 g/mol. The van der Waals surface area contributed by atoms with E-state index in [-0.39, 0.29) is 0 Å². The van der Waals surface area contributed by atoms with Gasteiger partial charge in [-0.3, -0.25) is 0 Å². The van der Waals surface area contributed by atoms with Gasteiger partial charge in [0, 0.05) is 6.61 Å². The highest BCUT2D eigenvalue weighted by atomic mass is 16.6. The largest absolute Gasteiger partial charge is 0.379 e. The summed E-state index contributed by atoms with van der Waals surface area (Å²) in [7, 11) is 0. The van der Waals surface area contributed by atoms with E-state index >= 15 is 0 Å². The number of rotatable bonds is 7. The lowest BCUT2D eigenvalue weighted by molar-refractivity contribution is 0.114. The molecule has 0 bridgehead atoms. The van der Waals surface area contributed by atoms with Gasteiger partial charge in [0.15, 0.2) is 0 Å². The number of aryl methyl sites for hydroxylation is 1. The summed E-state index contributed by atoms with van der Waals surface area (Å²) in [5.41, 5.74) is 9.73. The minimum absolute atomic E-state index is 0.364. The molecule has 0 saturated carbocycles. The Balaban J connectivity index is 1.28. The SMILES string of the molecule is c1ccc2c(c1)Cc1c(-c3ccc(CCCOCC4CO4)cc3)cccc1-2. The molecule has 3 aromatic carbocycles. The predicted molar refractivity (Wildman–Crippen MR) is 109 cm³/mol. The van der Waals surface area contributed by atoms with Gasteiger partial charge in [-0.05, 0) is 58.2 Å². The fourth-order valence-corrected chi connectivity index (χ4v) is 4.04. The zero-order valence-corrected chi connectivity index (χ0v) is 15.5. The molecule has 5 rings (SSSR count). The van der Waals surface area contributed by atoms with Crippen molar-refractivity contribution in [3.63, 3.8) is 0 Å². The summed E-state index contributed by atoms with van der Waals surface area (Å²) in [5.74, 6) is 0. The van der Waals surface area contributed by atoms with Gasteiger partial charge in [-0.25, -0.2) is 0 Å². The van der Waals surface area contributed by atoms with E-state index in [1.807, 2.05) is 0 Å². The number of ether oxygens (including phenoxy) is 2. The maximum absolute atomic E-state index is 5.63. The standard InChI is InChI=1S/C25H24O2/c1-2-7-23-20(6-1)15-25-22(8-3-9-24(23)25)19-12-10-18(11-13-19)5-4-14-26-16-21-17-27-21/h1-3,6-13,21H,4-5,14-17H2. The quantitative estimate of drug-likeness (QED) is 0.332. The van der Waals surface area contributed by atoms with Gasteiger partial charge in [-0.15, -0.1) is 0 Å². The van der Waals surface area contributed by atoms with Crippen molar-refractivity contribution in [1.82, 2.24) is 0 Å². The molecule has 27 heavy (non-hydrogen) atoms. The van der Waals surface area contributed by atoms with Crippen LogP contribution in [0.5, 0.6) is 0 Å². The Kier molecular flexibility index (Phi) is 4.52. The maximum atomic E-state index is 5.63. The minimum atomic E-state index is 0.364. The second-order valence-corrected chi connectivity index (χ2v) is 7.50. The summed E-state index contributed by atoms with van der Waals surface area (Å²) in [6.45, 7) is 2.43. The molecular weight excluding hydrogens is 332 g/mol. The van der Waals surface area contributed by atoms with Crippen LogP contribution in [0.4, 0.5) is 0 Å². The number of fused-ring (bicyclic) bond motifs is 3. The predicted octanol–water partition coefficient (Wildman–Crippen LogP) is 5.27. The zero-order valence-electron chi connectivity index (χ0n) is 15.5. The summed E-state index contributed by atoms with van der Waals surface area (Å²) in [5, 5.41) is 0. The number of hydrogen-bond acceptors (Lipinski definition) is 2. The van der Waals surface area contributed by atoms with Crippen LogP contribution in [0.15, 0.2) is 66.7 Å². The van der Waals surface area contributed by atoms with Crippen LogP contribution in [0.25, 0.3) is 22.3 Å². The van der Waals surface area contributed by atoms with Crippen molar-refractivity contribution >= 4 is 0 Å². The third kappa shape index (κ3) is 3.55. The number of epoxide rings is 1. The van der Waals surface area contributed by atoms with Gasteiger partial charge in [0.25, 0.3) is 0 Å². The van der Waals surface area contributed by atoms with Crippen LogP contribution in [0.1, 0.15) is 23.1 Å². The van der Waals surface area contributed by atoms with Crippen LogP contribution < -0.4 is 0 Å². The Labute approximate surface area is 160 Å². The van der Waals surface area contributed by atoms with Gasteiger partial charge in [-0.1, -0.05) is 66.7 Å². The molecule has 3 aromatic rings. The van der Waals surface area contributed by atoms with Crippen molar-refractivity contribution in [2.45, 2.75) is 25.4 Å². The van der Waals surface area contributed by atoms with Crippen molar-refractivity contribution < 1.29 is 9.47 Å². The van der Waals surface area contributed by atoms with Crippen LogP contribution >= 0.6 is 0 Å². The summed E-state index contributed by atoms with van der Waals surface area (Å²) in [6, 6.07) is 24.5. The molecule has 2 aliphatic rings. The molecule has 136 valence electrons. The van der Waals surface area contributed by atoms with Crippen LogP contribution in [0, 0.1) is 0 Å². The Morgan fingerprint density at radius 1 is 0.852 bits per heavy atom. The van der Waals surface area contributed by atoms with E-state index in [4.69, 9.17) is 9.47 Å². The maximum Gasteiger partial charge on any atom is 0.104 e. The lowest BCUT2D eigenvalue weighted by Crippen LogP contribution is -2.03. The Bertz CT molecular complexity index is 939. The molecule has 0 spiro atoms. The van der Waals surface area contributed by atoms with Gasteiger partial charge >= 0.3 is 0 Å². The van der Waals surface area contributed by atoms with Crippen LogP contribution in [-0.4, -0.2) is 25.9 Å². The third-order valence-electron chi connectivity index (χ3n) is 5.58. The first-order valence-electron chi connectivity index (χ1n) is 9.87. The van der Waals surface area contributed by atoms with Crippen molar-refractivity contribution in [3.05, 3.63) is 83.4 Å². The van der Waals surface area contributed by atoms with E-state index in [1.54, 1.807) is 0 Å². The molecule has 2 nitrogen and oxygen atoms in total. The summed E-state index contributed by atoms with van der Waals surface area (Å²) < 4.78 is 10.8. The first-order valence-corrected chi connectivity index (χ1v) is 9.87. The molecule has 0 N–H and O–H groups in total. The molecule has 0 radical (unpaired) electrons. The van der Waals surface area contributed by atoms with Crippen LogP contribution in [0.2, 0.25) is 0 Å². The topological polar surface area (TPSA) is 21.8 Å². The van der Waals surface area contributed by atoms with E-state index in [0.29, 0.717) is 6.10 Å². The molecule has 0 aromatic heterocycles. The van der Waals surface area contributed by atoms with Gasteiger partial charge in [0.1, 0.15) is 6.10 Å². The molecule has 0 amide bonds. The molecule has 1 aliphatic heterocycles. The Morgan fingerprint density at radius 2 is 1.63 bits per heavy atom. The lowest BCUT2D eigenvalue weighted by Gasteiger charge is -2.10. The summed E-state index contributed by atoms with van der Waals surface area (Å²) in [6.07, 6.45) is 3.51. The van der Waals surface area contributed by atoms with Crippen LogP contribution in [-0.2, 0) is 22.3 Å². The molecule has 1 heterocycles. The van der Waals surface area contributed by atoms with Crippen LogP contribution in [0.3, 0.4) is 0 Å². The van der Waals surface area contributed by atoms with E-state index < -0.39 is 0 Å². The zero-order chi connectivity index (χ0) is 18.1. The first-order chi connectivity index (χ1) is 13.4. The van der Waals surface area contributed by atoms with E-state index in [0.717, 1.165) is 39.1 Å². The molecular formula is C25H24O2. The second kappa shape index (κ2) is 7.30. The van der Waals surface area contributed by atoms with E-state index in [9.17, 15) is 0 Å². The molecule has 1 fully saturated rings. The summed E-state index contributed by atoms with van der Waals surface area (Å²) in [4.78, 5) is 0. The van der Waals surface area contributed by atoms with Crippen molar-refractivity contribution in [2.24, 2.45) is 0 Å². The normalized spacial score (nSPS) is 16.8. The molecule has 1 unspecified atom stereocenters. The fraction of sp³-hybridized carbons (Fsp3) is 0.280. The second-order valence-electron chi connectivity index (χ2n) is 7.50. The van der Waals surface area contributed by atoms with Gasteiger partial charge in [0.05, 0.1) is 13.2 Å². The Hall–Kier alpha value is -2.42. The van der Waals surface area contributed by atoms with E-state index in [1.165, 1.54) is 38.9 Å². The highest BCUT2D eigenvalue weighted by Gasteiger charge is 2.22. The van der Waals surface area contributed by atoms with Gasteiger partial charge in [-0.2, -0.15) is 0 Å². The highest BCUT2D eigenvalue weighted by molar-refractivity contribution is 5.84. The van der Waals surface area contributed by atoms with E-state index in [2.05, 4.69) is 66.7 Å². The fourth-order valence-electron chi connectivity index (χ4n) is 4.04. The van der Waals surface area contributed by atoms with Crippen molar-refractivity contribution in [2.75, 3.05) is 19.8 Å². The Morgan fingerprint density at radius 3 is 2.48 bits per heavy atom. The molecule has 2 heteroatoms. The molecule has 1 saturated heterocycles. The smallest absolute Gasteiger partial charge is 0.104 e. The first kappa shape index (κ1) is 16.7. The number of benzene rings is 3. The van der Waals surface area contributed by atoms with Gasteiger partial charge in [0.2, 0.25) is 0 Å². The van der Waals surface area contributed by atoms with Crippen molar-refractivity contribution in [1.29, 1.82) is 0 Å². The molecule has 1 atom stereocenters. The molecule has 1 aliphatic carbocycles. The number of hydrogen-bond donors (Lipinski definition) is 0. The highest BCUT2D eigenvalue weighted by Crippen LogP contribution is 2.41. The lowest BCUT2D eigenvalue weighted by atomic mass is 9.95. The summed E-state index contributed by atoms with van der Waals surface area (Å²) >= 11 is 0. The minimum Gasteiger partial charge on any atom is -0.379 e. The third-order valence-corrected chi connectivity index (χ3v) is 5.58. The average Bonchev–Trinajstić information content (AvgIpc) is 3.46. The van der Waals surface area contributed by atoms with Gasteiger partial charge < -0.3 is 9.47 Å². The monoisotopic (exact) mass is 356 g/mol.